The third-order valence-electron chi connectivity index (χ3n) is 3.00. The van der Waals surface area contributed by atoms with Crippen molar-refractivity contribution < 1.29 is 9.59 Å². The van der Waals surface area contributed by atoms with Gasteiger partial charge in [0.2, 0.25) is 11.8 Å². The largest absolute Gasteiger partial charge is 0.353 e. The van der Waals surface area contributed by atoms with Gasteiger partial charge in [0.1, 0.15) is 6.04 Å². The van der Waals surface area contributed by atoms with Gasteiger partial charge in [0.05, 0.1) is 0 Å². The molecule has 1 aromatic rings. The highest BCUT2D eigenvalue weighted by atomic mass is 16.2. The van der Waals surface area contributed by atoms with E-state index in [1.165, 1.54) is 6.08 Å². The Morgan fingerprint density at radius 3 is 2.83 bits per heavy atom. The van der Waals surface area contributed by atoms with E-state index in [0.29, 0.717) is 13.1 Å². The number of benzene rings is 1. The van der Waals surface area contributed by atoms with E-state index < -0.39 is 6.04 Å². The molecule has 4 nitrogen and oxygen atoms in total. The number of hydrogen-bond donors (Lipinski definition) is 1. The van der Waals surface area contributed by atoms with Crippen LogP contribution < -0.4 is 5.32 Å². The predicted octanol–water partition coefficient (Wildman–Crippen LogP) is 1.05. The molecule has 1 saturated heterocycles. The second kappa shape index (κ2) is 5.49. The molecule has 0 spiro atoms. The Morgan fingerprint density at radius 1 is 1.39 bits per heavy atom. The second-order valence-electron chi connectivity index (χ2n) is 4.24. The Kier molecular flexibility index (Phi) is 3.77. The fourth-order valence-corrected chi connectivity index (χ4v) is 1.91. The lowest BCUT2D eigenvalue weighted by Crippen LogP contribution is -2.55. The molecule has 1 aromatic carbocycles. The Balaban J connectivity index is 2.03. The number of rotatable bonds is 2. The summed E-state index contributed by atoms with van der Waals surface area (Å²) in [6, 6.07) is 9.22. The van der Waals surface area contributed by atoms with Crippen LogP contribution in [0.5, 0.6) is 0 Å². The first kappa shape index (κ1) is 12.4. The van der Waals surface area contributed by atoms with Crippen molar-refractivity contribution in [2.75, 3.05) is 13.1 Å². The van der Waals surface area contributed by atoms with E-state index in [0.717, 1.165) is 5.56 Å². The van der Waals surface area contributed by atoms with Gasteiger partial charge in [0.15, 0.2) is 0 Å². The molecule has 94 valence electrons. The van der Waals surface area contributed by atoms with Crippen molar-refractivity contribution in [3.05, 3.63) is 42.0 Å². The zero-order chi connectivity index (χ0) is 13.0. The molecule has 1 fully saturated rings. The quantitative estimate of drug-likeness (QED) is 0.790. The first-order chi connectivity index (χ1) is 8.68. The Hall–Kier alpha value is -2.10. The summed E-state index contributed by atoms with van der Waals surface area (Å²) in [4.78, 5) is 25.0. The zero-order valence-electron chi connectivity index (χ0n) is 10.3. The number of carbonyl (C=O) groups excluding carboxylic acids is 2. The maximum atomic E-state index is 12.0. The van der Waals surface area contributed by atoms with Gasteiger partial charge in [0, 0.05) is 19.2 Å². The van der Waals surface area contributed by atoms with Crippen LogP contribution in [0.1, 0.15) is 12.5 Å². The second-order valence-corrected chi connectivity index (χ2v) is 4.24. The van der Waals surface area contributed by atoms with Gasteiger partial charge in [-0.2, -0.15) is 0 Å². The highest BCUT2D eigenvalue weighted by Gasteiger charge is 2.27. The Morgan fingerprint density at radius 2 is 2.11 bits per heavy atom. The number of nitrogens with one attached hydrogen (secondary N) is 1. The van der Waals surface area contributed by atoms with E-state index in [1.807, 2.05) is 30.3 Å². The molecule has 4 heteroatoms. The van der Waals surface area contributed by atoms with E-state index in [4.69, 9.17) is 0 Å². The van der Waals surface area contributed by atoms with Crippen molar-refractivity contribution in [3.63, 3.8) is 0 Å². The summed E-state index contributed by atoms with van der Waals surface area (Å²) in [6.45, 7) is 2.82. The Labute approximate surface area is 106 Å². The summed E-state index contributed by atoms with van der Waals surface area (Å²) in [5, 5.41) is 2.73. The van der Waals surface area contributed by atoms with Crippen LogP contribution in [0.25, 0.3) is 6.08 Å². The monoisotopic (exact) mass is 244 g/mol. The van der Waals surface area contributed by atoms with Gasteiger partial charge in [-0.25, -0.2) is 0 Å². The van der Waals surface area contributed by atoms with Crippen molar-refractivity contribution in [1.82, 2.24) is 10.2 Å². The van der Waals surface area contributed by atoms with Gasteiger partial charge >= 0.3 is 0 Å². The molecular weight excluding hydrogens is 228 g/mol. The van der Waals surface area contributed by atoms with Gasteiger partial charge in [0.25, 0.3) is 0 Å². The molecule has 0 radical (unpaired) electrons. The minimum absolute atomic E-state index is 0.0947. The number of amides is 2. The van der Waals surface area contributed by atoms with Crippen LogP contribution >= 0.6 is 0 Å². The number of carbonyl (C=O) groups is 2. The minimum atomic E-state index is -0.397. The van der Waals surface area contributed by atoms with Gasteiger partial charge < -0.3 is 10.2 Å². The molecule has 2 rings (SSSR count). The van der Waals surface area contributed by atoms with E-state index in [1.54, 1.807) is 17.9 Å². The van der Waals surface area contributed by atoms with Crippen molar-refractivity contribution in [2.24, 2.45) is 0 Å². The number of nitrogens with zero attached hydrogens (tertiary/aromatic N) is 1. The van der Waals surface area contributed by atoms with Crippen molar-refractivity contribution in [1.29, 1.82) is 0 Å². The first-order valence-corrected chi connectivity index (χ1v) is 6.00. The smallest absolute Gasteiger partial charge is 0.247 e. The third-order valence-corrected chi connectivity index (χ3v) is 3.00. The van der Waals surface area contributed by atoms with Gasteiger partial charge in [-0.05, 0) is 18.6 Å². The molecule has 1 unspecified atom stereocenters. The van der Waals surface area contributed by atoms with Crippen LogP contribution in [0.15, 0.2) is 36.4 Å². The average Bonchev–Trinajstić information content (AvgIpc) is 2.40. The third kappa shape index (κ3) is 2.77. The zero-order valence-corrected chi connectivity index (χ0v) is 10.3. The van der Waals surface area contributed by atoms with Crippen molar-refractivity contribution in [2.45, 2.75) is 13.0 Å². The lowest BCUT2D eigenvalue weighted by molar-refractivity contribution is -0.139. The molecule has 18 heavy (non-hydrogen) atoms. The van der Waals surface area contributed by atoms with E-state index in [9.17, 15) is 9.59 Å². The number of hydrogen-bond acceptors (Lipinski definition) is 2. The molecule has 2 amide bonds. The fourth-order valence-electron chi connectivity index (χ4n) is 1.91. The van der Waals surface area contributed by atoms with Crippen LogP contribution in [0.3, 0.4) is 0 Å². The number of piperazine rings is 1. The summed E-state index contributed by atoms with van der Waals surface area (Å²) < 4.78 is 0. The molecule has 1 aliphatic rings. The minimum Gasteiger partial charge on any atom is -0.353 e. The normalized spacial score (nSPS) is 19.9. The highest BCUT2D eigenvalue weighted by molar-refractivity contribution is 5.96. The molecule has 0 saturated carbocycles. The lowest BCUT2D eigenvalue weighted by atomic mass is 10.2. The van der Waals surface area contributed by atoms with Crippen LogP contribution in [0.2, 0.25) is 0 Å². The molecular formula is C14H16N2O2. The van der Waals surface area contributed by atoms with Crippen molar-refractivity contribution >= 4 is 17.9 Å². The van der Waals surface area contributed by atoms with E-state index >= 15 is 0 Å². The van der Waals surface area contributed by atoms with E-state index in [2.05, 4.69) is 5.32 Å². The molecule has 0 aromatic heterocycles. The molecule has 0 aliphatic carbocycles. The molecule has 1 heterocycles. The van der Waals surface area contributed by atoms with Crippen LogP contribution in [0, 0.1) is 0 Å². The molecule has 1 N–H and O–H groups in total. The first-order valence-electron chi connectivity index (χ1n) is 6.00. The topological polar surface area (TPSA) is 49.4 Å². The SMILES string of the molecule is CC1C(=O)NCCN1C(=O)/C=C/c1ccccc1. The summed E-state index contributed by atoms with van der Waals surface area (Å²) in [6.07, 6.45) is 3.28. The van der Waals surface area contributed by atoms with Crippen LogP contribution in [-0.2, 0) is 9.59 Å². The highest BCUT2D eigenvalue weighted by Crippen LogP contribution is 2.07. The van der Waals surface area contributed by atoms with Gasteiger partial charge in [-0.15, -0.1) is 0 Å². The van der Waals surface area contributed by atoms with Gasteiger partial charge in [-0.1, -0.05) is 30.3 Å². The summed E-state index contributed by atoms with van der Waals surface area (Å²) in [5.74, 6) is -0.219. The maximum absolute atomic E-state index is 12.0. The standard InChI is InChI=1S/C14H16N2O2/c1-11-14(18)15-9-10-16(11)13(17)8-7-12-5-3-2-4-6-12/h2-8,11H,9-10H2,1H3,(H,15,18)/b8-7+. The maximum Gasteiger partial charge on any atom is 0.247 e. The average molecular weight is 244 g/mol. The Bertz CT molecular complexity index is 468. The lowest BCUT2D eigenvalue weighted by Gasteiger charge is -2.31. The van der Waals surface area contributed by atoms with Crippen LogP contribution in [0.4, 0.5) is 0 Å². The molecule has 1 atom stereocenters. The summed E-state index contributed by atoms with van der Waals surface area (Å²) in [7, 11) is 0. The summed E-state index contributed by atoms with van der Waals surface area (Å²) >= 11 is 0. The fraction of sp³-hybridized carbons (Fsp3) is 0.286. The van der Waals surface area contributed by atoms with Gasteiger partial charge in [-0.3, -0.25) is 9.59 Å². The van der Waals surface area contributed by atoms with Crippen LogP contribution in [-0.4, -0.2) is 35.8 Å². The molecule has 0 bridgehead atoms. The van der Waals surface area contributed by atoms with E-state index in [-0.39, 0.29) is 11.8 Å². The van der Waals surface area contributed by atoms with Crippen molar-refractivity contribution in [3.8, 4) is 0 Å². The summed E-state index contributed by atoms with van der Waals surface area (Å²) in [5.41, 5.74) is 0.972. The predicted molar refractivity (Wildman–Crippen MR) is 69.7 cm³/mol. The molecule has 1 aliphatic heterocycles.